The Morgan fingerprint density at radius 2 is 1.96 bits per heavy atom. The van der Waals surface area contributed by atoms with Gasteiger partial charge < -0.3 is 10.6 Å². The highest BCUT2D eigenvalue weighted by Crippen LogP contribution is 2.26. The lowest BCUT2D eigenvalue weighted by Crippen LogP contribution is -2.26. The van der Waals surface area contributed by atoms with Crippen molar-refractivity contribution in [3.05, 3.63) is 58.1 Å². The first-order valence-corrected chi connectivity index (χ1v) is 8.99. The number of hydrogen-bond acceptors (Lipinski definition) is 4. The van der Waals surface area contributed by atoms with Crippen molar-refractivity contribution in [1.82, 2.24) is 9.69 Å². The molecule has 3 rings (SSSR count). The lowest BCUT2D eigenvalue weighted by molar-refractivity contribution is 0.0953. The number of rotatable bonds is 6. The van der Waals surface area contributed by atoms with Crippen LogP contribution in [-0.2, 0) is 0 Å². The summed E-state index contributed by atoms with van der Waals surface area (Å²) >= 11 is 13.3. The normalized spacial score (nSPS) is 10.8. The second-order valence-electron chi connectivity index (χ2n) is 5.19. The molecule has 1 heterocycles. The number of carbonyl (C=O) groups excluding carboxylic acids is 1. The Bertz CT molecular complexity index is 866. The van der Waals surface area contributed by atoms with E-state index in [0.717, 1.165) is 28.9 Å². The van der Waals surface area contributed by atoms with Crippen LogP contribution in [0.15, 0.2) is 42.5 Å². The molecule has 0 fully saturated rings. The molecule has 0 spiro atoms. The molecule has 0 unspecified atom stereocenters. The molecule has 0 atom stereocenters. The molecule has 3 aromatic rings. The largest absolute Gasteiger partial charge is 0.369 e. The number of carbonyl (C=O) groups is 1. The van der Waals surface area contributed by atoms with Gasteiger partial charge in [0.2, 0.25) is 0 Å². The summed E-state index contributed by atoms with van der Waals surface area (Å²) in [6, 6.07) is 12.9. The van der Waals surface area contributed by atoms with Crippen molar-refractivity contribution < 1.29 is 4.79 Å². The van der Waals surface area contributed by atoms with Crippen LogP contribution in [-0.4, -0.2) is 23.4 Å². The van der Waals surface area contributed by atoms with E-state index in [2.05, 4.69) is 15.0 Å². The molecule has 0 radical (unpaired) electrons. The van der Waals surface area contributed by atoms with E-state index in [1.54, 1.807) is 18.2 Å². The maximum absolute atomic E-state index is 12.1. The minimum absolute atomic E-state index is 0.198. The van der Waals surface area contributed by atoms with Gasteiger partial charge in [-0.1, -0.05) is 35.3 Å². The summed E-state index contributed by atoms with van der Waals surface area (Å²) in [4.78, 5) is 12.1. The molecule has 124 valence electrons. The van der Waals surface area contributed by atoms with Crippen molar-refractivity contribution in [2.45, 2.75) is 6.42 Å². The number of halogens is 2. The van der Waals surface area contributed by atoms with Crippen LogP contribution in [0.4, 0.5) is 5.82 Å². The molecule has 24 heavy (non-hydrogen) atoms. The van der Waals surface area contributed by atoms with Gasteiger partial charge in [-0.3, -0.25) is 4.79 Å². The third kappa shape index (κ3) is 3.98. The maximum Gasteiger partial charge on any atom is 0.252 e. The Kier molecular flexibility index (Phi) is 5.56. The quantitative estimate of drug-likeness (QED) is 0.602. The van der Waals surface area contributed by atoms with Gasteiger partial charge in [-0.05, 0) is 48.3 Å². The van der Waals surface area contributed by atoms with Crippen LogP contribution in [0, 0.1) is 0 Å². The lowest BCUT2D eigenvalue weighted by atomic mass is 10.2. The fourth-order valence-electron chi connectivity index (χ4n) is 2.28. The molecular formula is C17H15Cl2N3OS. The molecule has 7 heteroatoms. The average Bonchev–Trinajstić information content (AvgIpc) is 2.97. The van der Waals surface area contributed by atoms with E-state index >= 15 is 0 Å². The smallest absolute Gasteiger partial charge is 0.252 e. The summed E-state index contributed by atoms with van der Waals surface area (Å²) < 4.78 is 5.57. The Morgan fingerprint density at radius 1 is 1.12 bits per heavy atom. The van der Waals surface area contributed by atoms with Crippen LogP contribution < -0.4 is 10.6 Å². The Labute approximate surface area is 153 Å². The summed E-state index contributed by atoms with van der Waals surface area (Å²) in [5, 5.41) is 8.15. The average molecular weight is 380 g/mol. The third-order valence-corrected chi connectivity index (χ3v) is 4.86. The number of hydrogen-bond donors (Lipinski definition) is 2. The Hall–Kier alpha value is -1.82. The predicted molar refractivity (Wildman–Crippen MR) is 102 cm³/mol. The van der Waals surface area contributed by atoms with Crippen LogP contribution in [0.25, 0.3) is 10.1 Å². The number of amides is 1. The summed E-state index contributed by atoms with van der Waals surface area (Å²) in [6.45, 7) is 1.27. The first kappa shape index (κ1) is 17.0. The zero-order chi connectivity index (χ0) is 16.9. The minimum atomic E-state index is -0.198. The maximum atomic E-state index is 12.1. The molecule has 4 nitrogen and oxygen atoms in total. The van der Waals surface area contributed by atoms with Gasteiger partial charge in [-0.15, -0.1) is 0 Å². The molecular weight excluding hydrogens is 365 g/mol. The van der Waals surface area contributed by atoms with E-state index < -0.39 is 0 Å². The Morgan fingerprint density at radius 3 is 2.79 bits per heavy atom. The fourth-order valence-corrected chi connectivity index (χ4v) is 3.53. The van der Waals surface area contributed by atoms with Crippen LogP contribution >= 0.6 is 34.7 Å². The van der Waals surface area contributed by atoms with Gasteiger partial charge in [0, 0.05) is 23.5 Å². The molecule has 1 aromatic heterocycles. The van der Waals surface area contributed by atoms with Crippen molar-refractivity contribution in [1.29, 1.82) is 0 Å². The fraction of sp³-hybridized carbons (Fsp3) is 0.176. The zero-order valence-electron chi connectivity index (χ0n) is 12.7. The molecule has 0 bridgehead atoms. The van der Waals surface area contributed by atoms with Crippen molar-refractivity contribution in [3.8, 4) is 0 Å². The van der Waals surface area contributed by atoms with E-state index in [4.69, 9.17) is 23.2 Å². The standard InChI is InChI=1S/C17H15Cl2N3OS/c18-11-6-7-12(14(19)10-11)17(23)21-9-3-8-20-16-13-4-1-2-5-15(13)24-22-16/h1-2,4-7,10H,3,8-9H2,(H,20,22)(H,21,23). The molecule has 0 saturated heterocycles. The first-order valence-electron chi connectivity index (χ1n) is 7.46. The van der Waals surface area contributed by atoms with Gasteiger partial charge in [0.05, 0.1) is 15.3 Å². The van der Waals surface area contributed by atoms with Gasteiger partial charge >= 0.3 is 0 Å². The predicted octanol–water partition coefficient (Wildman–Crippen LogP) is 4.84. The van der Waals surface area contributed by atoms with Gasteiger partial charge in [0.15, 0.2) is 0 Å². The number of fused-ring (bicyclic) bond motifs is 1. The first-order chi connectivity index (χ1) is 11.6. The highest BCUT2D eigenvalue weighted by Gasteiger charge is 2.10. The number of anilines is 1. The van der Waals surface area contributed by atoms with Crippen LogP contribution in [0.5, 0.6) is 0 Å². The van der Waals surface area contributed by atoms with Gasteiger partial charge in [-0.2, -0.15) is 4.37 Å². The van der Waals surface area contributed by atoms with Crippen LogP contribution in [0.3, 0.4) is 0 Å². The summed E-state index contributed by atoms with van der Waals surface area (Å²) in [7, 11) is 0. The van der Waals surface area contributed by atoms with E-state index in [-0.39, 0.29) is 5.91 Å². The van der Waals surface area contributed by atoms with E-state index in [1.165, 1.54) is 11.5 Å². The van der Waals surface area contributed by atoms with E-state index in [0.29, 0.717) is 22.2 Å². The summed E-state index contributed by atoms with van der Waals surface area (Å²) in [5.41, 5.74) is 0.430. The van der Waals surface area contributed by atoms with Gasteiger partial charge in [0.1, 0.15) is 5.82 Å². The highest BCUT2D eigenvalue weighted by molar-refractivity contribution is 7.13. The molecule has 2 N–H and O–H groups in total. The number of aromatic nitrogens is 1. The van der Waals surface area contributed by atoms with Gasteiger partial charge in [0.25, 0.3) is 5.91 Å². The topological polar surface area (TPSA) is 54.0 Å². The SMILES string of the molecule is O=C(NCCCNc1nsc2ccccc12)c1ccc(Cl)cc1Cl. The zero-order valence-corrected chi connectivity index (χ0v) is 15.0. The van der Waals surface area contributed by atoms with E-state index in [9.17, 15) is 4.79 Å². The lowest BCUT2D eigenvalue weighted by Gasteiger charge is -2.08. The second-order valence-corrected chi connectivity index (χ2v) is 6.84. The summed E-state index contributed by atoms with van der Waals surface area (Å²) in [5.74, 6) is 0.693. The van der Waals surface area contributed by atoms with Crippen molar-refractivity contribution in [2.24, 2.45) is 0 Å². The number of nitrogens with zero attached hydrogens (tertiary/aromatic N) is 1. The van der Waals surface area contributed by atoms with Gasteiger partial charge in [-0.25, -0.2) is 0 Å². The van der Waals surface area contributed by atoms with Crippen molar-refractivity contribution in [3.63, 3.8) is 0 Å². The molecule has 1 amide bonds. The number of benzene rings is 2. The monoisotopic (exact) mass is 379 g/mol. The second kappa shape index (κ2) is 7.83. The molecule has 0 saturated carbocycles. The van der Waals surface area contributed by atoms with E-state index in [1.807, 2.05) is 24.3 Å². The summed E-state index contributed by atoms with van der Waals surface area (Å²) in [6.07, 6.45) is 0.781. The van der Waals surface area contributed by atoms with Crippen molar-refractivity contribution in [2.75, 3.05) is 18.4 Å². The molecule has 0 aliphatic rings. The number of nitrogens with one attached hydrogen (secondary N) is 2. The third-order valence-electron chi connectivity index (χ3n) is 3.48. The molecule has 2 aromatic carbocycles. The van der Waals surface area contributed by atoms with Crippen LogP contribution in [0.1, 0.15) is 16.8 Å². The Balaban J connectivity index is 1.46. The minimum Gasteiger partial charge on any atom is -0.369 e. The highest BCUT2D eigenvalue weighted by atomic mass is 35.5. The molecule has 0 aliphatic carbocycles. The molecule has 0 aliphatic heterocycles. The van der Waals surface area contributed by atoms with Crippen molar-refractivity contribution >= 4 is 56.5 Å². The van der Waals surface area contributed by atoms with Crippen LogP contribution in [0.2, 0.25) is 10.0 Å².